The largest absolute Gasteiger partial charge is 0.392 e. The maximum Gasteiger partial charge on any atom is 0.0695 e. The van der Waals surface area contributed by atoms with Gasteiger partial charge in [0.2, 0.25) is 0 Å². The summed E-state index contributed by atoms with van der Waals surface area (Å²) in [6, 6.07) is 0. The first-order valence-corrected chi connectivity index (χ1v) is 6.49. The molecule has 0 amide bonds. The van der Waals surface area contributed by atoms with E-state index in [2.05, 4.69) is 25.9 Å². The van der Waals surface area contributed by atoms with Crippen LogP contribution in [0.1, 0.15) is 12.8 Å². The van der Waals surface area contributed by atoms with Crippen LogP contribution in [0, 0.1) is 5.92 Å². The second kappa shape index (κ2) is 5.29. The van der Waals surface area contributed by atoms with E-state index in [1.165, 1.54) is 12.8 Å². The topological polar surface area (TPSA) is 41.3 Å². The Bertz CT molecular complexity index is 338. The van der Waals surface area contributed by atoms with Crippen molar-refractivity contribution in [1.29, 1.82) is 0 Å². The van der Waals surface area contributed by atoms with E-state index >= 15 is 0 Å². The Labute approximate surface area is 104 Å². The van der Waals surface area contributed by atoms with Crippen LogP contribution in [0.15, 0.2) is 16.9 Å². The lowest BCUT2D eigenvalue weighted by molar-refractivity contribution is 0.105. The van der Waals surface area contributed by atoms with Crippen molar-refractivity contribution in [2.75, 3.05) is 20.1 Å². The number of hydrogen-bond acceptors (Lipinski definition) is 3. The van der Waals surface area contributed by atoms with E-state index < -0.39 is 0 Å². The summed E-state index contributed by atoms with van der Waals surface area (Å²) in [7, 11) is 2.05. The first-order chi connectivity index (χ1) is 7.65. The van der Waals surface area contributed by atoms with E-state index in [1.807, 2.05) is 17.9 Å². The molecule has 0 aromatic carbocycles. The van der Waals surface area contributed by atoms with Crippen LogP contribution in [-0.2, 0) is 6.54 Å². The van der Waals surface area contributed by atoms with Gasteiger partial charge in [0, 0.05) is 19.3 Å². The fraction of sp³-hybridized carbons (Fsp3) is 0.727. The highest BCUT2D eigenvalue weighted by atomic mass is 79.9. The molecule has 4 nitrogen and oxygen atoms in total. The SMILES string of the molecule is CN(CCn1cc(Br)cn1)CC(O)C1CC1. The van der Waals surface area contributed by atoms with Gasteiger partial charge in [-0.15, -0.1) is 0 Å². The van der Waals surface area contributed by atoms with Gasteiger partial charge >= 0.3 is 0 Å². The molecule has 1 N–H and O–H groups in total. The first kappa shape index (κ1) is 12.1. The van der Waals surface area contributed by atoms with Crippen LogP contribution in [0.4, 0.5) is 0 Å². The van der Waals surface area contributed by atoms with Gasteiger partial charge in [-0.25, -0.2) is 0 Å². The number of nitrogens with zero attached hydrogens (tertiary/aromatic N) is 3. The Kier molecular flexibility index (Phi) is 4.00. The Hall–Kier alpha value is -0.390. The second-order valence-corrected chi connectivity index (χ2v) is 5.50. The van der Waals surface area contributed by atoms with E-state index in [0.29, 0.717) is 5.92 Å². The summed E-state index contributed by atoms with van der Waals surface area (Å²) in [6.45, 7) is 2.55. The molecule has 0 spiro atoms. The highest BCUT2D eigenvalue weighted by molar-refractivity contribution is 9.10. The lowest BCUT2D eigenvalue weighted by atomic mass is 10.2. The second-order valence-electron chi connectivity index (χ2n) is 4.59. The first-order valence-electron chi connectivity index (χ1n) is 5.69. The lowest BCUT2D eigenvalue weighted by Crippen LogP contribution is -2.32. The molecule has 0 bridgehead atoms. The fourth-order valence-corrected chi connectivity index (χ4v) is 2.10. The van der Waals surface area contributed by atoms with Crippen molar-refractivity contribution in [3.8, 4) is 0 Å². The number of aliphatic hydroxyl groups is 1. The third kappa shape index (κ3) is 3.57. The van der Waals surface area contributed by atoms with Crippen LogP contribution >= 0.6 is 15.9 Å². The predicted molar refractivity (Wildman–Crippen MR) is 66.2 cm³/mol. The van der Waals surface area contributed by atoms with Gasteiger partial charge in [0.1, 0.15) is 0 Å². The molecule has 1 heterocycles. The van der Waals surface area contributed by atoms with E-state index in [9.17, 15) is 5.11 Å². The Balaban J connectivity index is 1.68. The molecule has 0 aliphatic heterocycles. The molecule has 16 heavy (non-hydrogen) atoms. The van der Waals surface area contributed by atoms with Crippen molar-refractivity contribution in [2.24, 2.45) is 5.92 Å². The zero-order chi connectivity index (χ0) is 11.5. The molecule has 1 fully saturated rings. The van der Waals surface area contributed by atoms with Crippen molar-refractivity contribution < 1.29 is 5.11 Å². The minimum absolute atomic E-state index is 0.144. The average molecular weight is 288 g/mol. The molecule has 2 rings (SSSR count). The van der Waals surface area contributed by atoms with Crippen LogP contribution in [0.25, 0.3) is 0 Å². The van der Waals surface area contributed by atoms with Crippen LogP contribution in [0.3, 0.4) is 0 Å². The lowest BCUT2D eigenvalue weighted by Gasteiger charge is -2.20. The molecule has 5 heteroatoms. The number of hydrogen-bond donors (Lipinski definition) is 1. The zero-order valence-electron chi connectivity index (χ0n) is 9.51. The molecule has 0 radical (unpaired) electrons. The Morgan fingerprint density at radius 3 is 3.00 bits per heavy atom. The summed E-state index contributed by atoms with van der Waals surface area (Å²) < 4.78 is 2.91. The van der Waals surface area contributed by atoms with Crippen molar-refractivity contribution in [1.82, 2.24) is 14.7 Å². The molecule has 1 aliphatic carbocycles. The number of aliphatic hydroxyl groups excluding tert-OH is 1. The molecule has 1 saturated carbocycles. The van der Waals surface area contributed by atoms with Gasteiger partial charge in [0.25, 0.3) is 0 Å². The van der Waals surface area contributed by atoms with Crippen molar-refractivity contribution in [3.05, 3.63) is 16.9 Å². The number of likely N-dealkylation sites (N-methyl/N-ethyl adjacent to an activating group) is 1. The van der Waals surface area contributed by atoms with Crippen LogP contribution in [0.5, 0.6) is 0 Å². The summed E-state index contributed by atoms with van der Waals surface area (Å²) in [4.78, 5) is 2.17. The number of rotatable bonds is 6. The van der Waals surface area contributed by atoms with Gasteiger partial charge in [0.15, 0.2) is 0 Å². The molecule has 90 valence electrons. The summed E-state index contributed by atoms with van der Waals surface area (Å²) in [5.74, 6) is 0.557. The van der Waals surface area contributed by atoms with Gasteiger partial charge in [0.05, 0.1) is 23.3 Å². The normalized spacial score (nSPS) is 18.0. The predicted octanol–water partition coefficient (Wildman–Crippen LogP) is 1.35. The van der Waals surface area contributed by atoms with Gasteiger partial charge in [-0.1, -0.05) is 0 Å². The minimum Gasteiger partial charge on any atom is -0.392 e. The molecule has 1 aromatic rings. The quantitative estimate of drug-likeness (QED) is 0.859. The summed E-state index contributed by atoms with van der Waals surface area (Å²) in [5, 5.41) is 14.0. The summed E-state index contributed by atoms with van der Waals surface area (Å²) in [5.41, 5.74) is 0. The monoisotopic (exact) mass is 287 g/mol. The smallest absolute Gasteiger partial charge is 0.0695 e. The van der Waals surface area contributed by atoms with E-state index in [-0.39, 0.29) is 6.10 Å². The zero-order valence-corrected chi connectivity index (χ0v) is 11.1. The number of halogens is 1. The van der Waals surface area contributed by atoms with Crippen LogP contribution in [0.2, 0.25) is 0 Å². The van der Waals surface area contributed by atoms with Crippen molar-refractivity contribution in [2.45, 2.75) is 25.5 Å². The number of aromatic nitrogens is 2. The average Bonchev–Trinajstić information content (AvgIpc) is 3.00. The van der Waals surface area contributed by atoms with E-state index in [4.69, 9.17) is 0 Å². The molecule has 0 saturated heterocycles. The molecule has 1 atom stereocenters. The van der Waals surface area contributed by atoms with Gasteiger partial charge in [-0.05, 0) is 41.7 Å². The third-order valence-electron chi connectivity index (χ3n) is 2.98. The van der Waals surface area contributed by atoms with Crippen LogP contribution in [-0.4, -0.2) is 46.0 Å². The summed E-state index contributed by atoms with van der Waals surface area (Å²) in [6.07, 6.45) is 6.00. The van der Waals surface area contributed by atoms with Gasteiger partial charge in [-0.2, -0.15) is 5.10 Å². The van der Waals surface area contributed by atoms with E-state index in [0.717, 1.165) is 24.1 Å². The highest BCUT2D eigenvalue weighted by Gasteiger charge is 2.30. The third-order valence-corrected chi connectivity index (χ3v) is 3.39. The van der Waals surface area contributed by atoms with Gasteiger partial charge in [-0.3, -0.25) is 4.68 Å². The molecular formula is C11H18BrN3O. The standard InChI is InChI=1S/C11H18BrN3O/c1-14(8-11(16)9-2-3-9)4-5-15-7-10(12)6-13-15/h6-7,9,11,16H,2-5,8H2,1H3. The van der Waals surface area contributed by atoms with E-state index in [1.54, 1.807) is 6.20 Å². The minimum atomic E-state index is -0.144. The van der Waals surface area contributed by atoms with Crippen molar-refractivity contribution in [3.63, 3.8) is 0 Å². The maximum absolute atomic E-state index is 9.79. The highest BCUT2D eigenvalue weighted by Crippen LogP contribution is 2.32. The van der Waals surface area contributed by atoms with Crippen LogP contribution < -0.4 is 0 Å². The Morgan fingerprint density at radius 2 is 2.44 bits per heavy atom. The fourth-order valence-electron chi connectivity index (χ4n) is 1.77. The molecular weight excluding hydrogens is 270 g/mol. The maximum atomic E-state index is 9.79. The molecule has 1 aliphatic rings. The van der Waals surface area contributed by atoms with Gasteiger partial charge < -0.3 is 10.0 Å². The van der Waals surface area contributed by atoms with Crippen molar-refractivity contribution >= 4 is 15.9 Å². The molecule has 1 aromatic heterocycles. The summed E-state index contributed by atoms with van der Waals surface area (Å²) >= 11 is 3.37. The molecule has 1 unspecified atom stereocenters. The Morgan fingerprint density at radius 1 is 1.69 bits per heavy atom.